The van der Waals surface area contributed by atoms with Gasteiger partial charge in [0.25, 0.3) is 5.91 Å². The number of oxime groups is 2. The highest BCUT2D eigenvalue weighted by molar-refractivity contribution is 6.46. The number of carbonyl (C=O) groups is 1. The number of benzene rings is 2. The highest BCUT2D eigenvalue weighted by Crippen LogP contribution is 2.29. The lowest BCUT2D eigenvalue weighted by molar-refractivity contribution is -0.137. The molecule has 9 heteroatoms. The van der Waals surface area contributed by atoms with Gasteiger partial charge in [0.15, 0.2) is 5.71 Å². The van der Waals surface area contributed by atoms with Gasteiger partial charge in [-0.25, -0.2) is 0 Å². The van der Waals surface area contributed by atoms with Crippen LogP contribution in [0, 0.1) is 0 Å². The first kappa shape index (κ1) is 21.9. The smallest absolute Gasteiger partial charge is 0.398 e. The van der Waals surface area contributed by atoms with Crippen LogP contribution in [-0.2, 0) is 27.1 Å². The third kappa shape index (κ3) is 6.34. The van der Waals surface area contributed by atoms with Crippen LogP contribution in [0.2, 0.25) is 0 Å². The van der Waals surface area contributed by atoms with Gasteiger partial charge >= 0.3 is 6.18 Å². The molecule has 0 atom stereocenters. The lowest BCUT2D eigenvalue weighted by Gasteiger charge is -2.08. The summed E-state index contributed by atoms with van der Waals surface area (Å²) in [6, 6.07) is 11.9. The third-order valence-corrected chi connectivity index (χ3v) is 3.84. The number of nitrogens with one attached hydrogen (secondary N) is 1. The Morgan fingerprint density at radius 3 is 2.62 bits per heavy atom. The van der Waals surface area contributed by atoms with Crippen LogP contribution in [0.1, 0.15) is 22.3 Å². The van der Waals surface area contributed by atoms with Gasteiger partial charge in [-0.05, 0) is 11.6 Å². The maximum atomic E-state index is 12.7. The van der Waals surface area contributed by atoms with E-state index in [1.807, 2.05) is 0 Å². The van der Waals surface area contributed by atoms with Gasteiger partial charge in [0, 0.05) is 24.6 Å². The zero-order valence-corrected chi connectivity index (χ0v) is 15.9. The van der Waals surface area contributed by atoms with Crippen LogP contribution >= 0.6 is 0 Å². The SMILES string of the molecule is CNC(=O)C(=NOC)c1ccccc1C=NOCCc1cccc(C(F)(F)F)c1. The van der Waals surface area contributed by atoms with Crippen LogP contribution < -0.4 is 5.32 Å². The molecule has 0 radical (unpaired) electrons. The molecular weight excluding hydrogens is 387 g/mol. The number of hydrogen-bond donors (Lipinski definition) is 1. The van der Waals surface area contributed by atoms with E-state index in [0.29, 0.717) is 16.7 Å². The molecule has 2 aromatic carbocycles. The fourth-order valence-electron chi connectivity index (χ4n) is 2.46. The van der Waals surface area contributed by atoms with Gasteiger partial charge in [-0.1, -0.05) is 52.8 Å². The minimum atomic E-state index is -4.38. The number of hydrogen-bond acceptors (Lipinski definition) is 5. The van der Waals surface area contributed by atoms with Gasteiger partial charge in [0.2, 0.25) is 0 Å². The van der Waals surface area contributed by atoms with Crippen molar-refractivity contribution in [3.8, 4) is 0 Å². The summed E-state index contributed by atoms with van der Waals surface area (Å²) in [5, 5.41) is 10.1. The number of nitrogens with zero attached hydrogens (tertiary/aromatic N) is 2. The molecule has 0 saturated carbocycles. The van der Waals surface area contributed by atoms with Crippen LogP contribution in [0.3, 0.4) is 0 Å². The third-order valence-electron chi connectivity index (χ3n) is 3.84. The van der Waals surface area contributed by atoms with Gasteiger partial charge in [0.05, 0.1) is 11.8 Å². The summed E-state index contributed by atoms with van der Waals surface area (Å²) < 4.78 is 38.2. The maximum absolute atomic E-state index is 12.7. The molecular formula is C20H20F3N3O3. The zero-order valence-electron chi connectivity index (χ0n) is 15.9. The summed E-state index contributed by atoms with van der Waals surface area (Å²) in [6.07, 6.45) is -2.72. The summed E-state index contributed by atoms with van der Waals surface area (Å²) in [6.45, 7) is 0.0917. The van der Waals surface area contributed by atoms with Gasteiger partial charge in [0.1, 0.15) is 13.7 Å². The average molecular weight is 407 g/mol. The van der Waals surface area contributed by atoms with E-state index in [1.54, 1.807) is 30.3 Å². The van der Waals surface area contributed by atoms with E-state index in [9.17, 15) is 18.0 Å². The Balaban J connectivity index is 2.03. The first-order valence-corrected chi connectivity index (χ1v) is 8.61. The molecule has 0 aliphatic rings. The molecule has 6 nitrogen and oxygen atoms in total. The standard InChI is InChI=1S/C20H20F3N3O3/c1-24-19(27)18(26-28-2)17-9-4-3-7-15(17)13-25-29-11-10-14-6-5-8-16(12-14)20(21,22)23/h3-9,12-13H,10-11H2,1-2H3,(H,24,27). The Morgan fingerprint density at radius 1 is 1.17 bits per heavy atom. The second-order valence-corrected chi connectivity index (χ2v) is 5.80. The zero-order chi connectivity index (χ0) is 21.3. The van der Waals surface area contributed by atoms with Crippen molar-refractivity contribution in [3.63, 3.8) is 0 Å². The first-order chi connectivity index (χ1) is 13.9. The number of halogens is 3. The van der Waals surface area contributed by atoms with E-state index in [1.165, 1.54) is 26.4 Å². The Bertz CT molecular complexity index is 896. The monoisotopic (exact) mass is 407 g/mol. The molecule has 0 aliphatic carbocycles. The van der Waals surface area contributed by atoms with Crippen molar-refractivity contribution in [2.75, 3.05) is 20.8 Å². The largest absolute Gasteiger partial charge is 0.416 e. The van der Waals surface area contributed by atoms with Crippen molar-refractivity contribution in [2.24, 2.45) is 10.3 Å². The molecule has 2 rings (SSSR count). The Kier molecular flexibility index (Phi) is 7.76. The summed E-state index contributed by atoms with van der Waals surface area (Å²) in [7, 11) is 2.80. The molecule has 1 N–H and O–H groups in total. The van der Waals surface area contributed by atoms with Crippen molar-refractivity contribution >= 4 is 17.8 Å². The molecule has 0 bridgehead atoms. The normalized spacial score (nSPS) is 12.1. The van der Waals surface area contributed by atoms with E-state index < -0.39 is 17.6 Å². The van der Waals surface area contributed by atoms with Crippen LogP contribution in [0.5, 0.6) is 0 Å². The van der Waals surface area contributed by atoms with Crippen molar-refractivity contribution < 1.29 is 27.6 Å². The molecule has 29 heavy (non-hydrogen) atoms. The molecule has 154 valence electrons. The number of alkyl halides is 3. The van der Waals surface area contributed by atoms with Crippen molar-refractivity contribution in [3.05, 3.63) is 70.8 Å². The fraction of sp³-hybridized carbons (Fsp3) is 0.250. The molecule has 0 aliphatic heterocycles. The number of likely N-dealkylation sites (N-methyl/N-ethyl adjacent to an activating group) is 1. The minimum Gasteiger partial charge on any atom is -0.398 e. The topological polar surface area (TPSA) is 72.3 Å². The quantitative estimate of drug-likeness (QED) is 0.414. The van der Waals surface area contributed by atoms with Crippen LogP contribution in [0.15, 0.2) is 58.8 Å². The molecule has 2 aromatic rings. The maximum Gasteiger partial charge on any atom is 0.416 e. The molecule has 0 spiro atoms. The number of amides is 1. The van der Waals surface area contributed by atoms with E-state index in [0.717, 1.165) is 12.1 Å². The van der Waals surface area contributed by atoms with Crippen molar-refractivity contribution in [1.82, 2.24) is 5.32 Å². The summed E-state index contributed by atoms with van der Waals surface area (Å²) in [5.41, 5.74) is 0.905. The van der Waals surface area contributed by atoms with Crippen molar-refractivity contribution in [1.29, 1.82) is 0 Å². The predicted octanol–water partition coefficient (Wildman–Crippen LogP) is 3.40. The first-order valence-electron chi connectivity index (χ1n) is 8.61. The number of rotatable bonds is 8. The minimum absolute atomic E-state index is 0.0704. The van der Waals surface area contributed by atoms with Gasteiger partial charge in [-0.15, -0.1) is 0 Å². The van der Waals surface area contributed by atoms with Gasteiger partial charge < -0.3 is 15.0 Å². The molecule has 0 heterocycles. The molecule has 0 aromatic heterocycles. The van der Waals surface area contributed by atoms with Crippen LogP contribution in [0.25, 0.3) is 0 Å². The van der Waals surface area contributed by atoms with Gasteiger partial charge in [-0.3, -0.25) is 4.79 Å². The van der Waals surface area contributed by atoms with Crippen LogP contribution in [0.4, 0.5) is 13.2 Å². The van der Waals surface area contributed by atoms with E-state index in [2.05, 4.69) is 15.6 Å². The second kappa shape index (κ2) is 10.3. The summed E-state index contributed by atoms with van der Waals surface area (Å²) >= 11 is 0. The average Bonchev–Trinajstić information content (AvgIpc) is 2.71. The molecule has 0 saturated heterocycles. The van der Waals surface area contributed by atoms with Crippen LogP contribution in [-0.4, -0.2) is 38.6 Å². The molecule has 0 fully saturated rings. The summed E-state index contributed by atoms with van der Waals surface area (Å²) in [4.78, 5) is 21.9. The highest BCUT2D eigenvalue weighted by Gasteiger charge is 2.30. The lowest BCUT2D eigenvalue weighted by Crippen LogP contribution is -2.29. The lowest BCUT2D eigenvalue weighted by atomic mass is 10.0. The Labute approximate surface area is 166 Å². The van der Waals surface area contributed by atoms with E-state index >= 15 is 0 Å². The summed E-state index contributed by atoms with van der Waals surface area (Å²) in [5.74, 6) is -0.432. The van der Waals surface area contributed by atoms with Gasteiger partial charge in [-0.2, -0.15) is 13.2 Å². The molecule has 1 amide bonds. The van der Waals surface area contributed by atoms with Crippen molar-refractivity contribution in [2.45, 2.75) is 12.6 Å². The Morgan fingerprint density at radius 2 is 1.93 bits per heavy atom. The second-order valence-electron chi connectivity index (χ2n) is 5.80. The predicted molar refractivity (Wildman–Crippen MR) is 103 cm³/mol. The number of carbonyl (C=O) groups excluding carboxylic acids is 1. The highest BCUT2D eigenvalue weighted by atomic mass is 19.4. The molecule has 0 unspecified atom stereocenters. The Hall–Kier alpha value is -3.36. The van der Waals surface area contributed by atoms with E-state index in [-0.39, 0.29) is 18.7 Å². The van der Waals surface area contributed by atoms with E-state index in [4.69, 9.17) is 9.68 Å². The fourth-order valence-corrected chi connectivity index (χ4v) is 2.46.